The standard InChI is InChI=1S/C23H15Cl6N3O4/c24-22(25,26)21(35)31-9-12-1-3-13-7-16-18(20(34)14(13)5-12)32-17-4-2-11(6-15(17)19(16)33)8-30-10-36-23(27,28)29/h1-6,10H,7-9H2,(H,31,35)(H,32,33). The molecule has 0 unspecified atom stereocenters. The first-order valence-corrected chi connectivity index (χ1v) is 12.5. The average molecular weight is 610 g/mol. The van der Waals surface area contributed by atoms with Crippen molar-refractivity contribution in [3.05, 3.63) is 80.1 Å². The summed E-state index contributed by atoms with van der Waals surface area (Å²) in [6.07, 6.45) is 1.29. The molecule has 0 radical (unpaired) electrons. The van der Waals surface area contributed by atoms with Crippen LogP contribution in [0.2, 0.25) is 0 Å². The van der Waals surface area contributed by atoms with E-state index in [9.17, 15) is 14.4 Å². The summed E-state index contributed by atoms with van der Waals surface area (Å²) in [5, 5.41) is 2.92. The zero-order chi connectivity index (χ0) is 26.3. The van der Waals surface area contributed by atoms with Gasteiger partial charge >= 0.3 is 3.98 Å². The number of pyridine rings is 1. The molecule has 7 nitrogen and oxygen atoms in total. The molecule has 1 heterocycles. The van der Waals surface area contributed by atoms with Crippen molar-refractivity contribution in [2.75, 3.05) is 0 Å². The quantitative estimate of drug-likeness (QED) is 0.177. The molecule has 0 atom stereocenters. The Morgan fingerprint density at radius 2 is 1.78 bits per heavy atom. The smallest absolute Gasteiger partial charge is 0.339 e. The van der Waals surface area contributed by atoms with Crippen LogP contribution >= 0.6 is 69.6 Å². The third-order valence-corrected chi connectivity index (χ3v) is 6.20. The Hall–Kier alpha value is -2.00. The largest absolute Gasteiger partial charge is 0.435 e. The number of alkyl halides is 6. The lowest BCUT2D eigenvalue weighted by Gasteiger charge is -2.20. The van der Waals surface area contributed by atoms with Crippen molar-refractivity contribution in [1.29, 1.82) is 0 Å². The van der Waals surface area contributed by atoms with E-state index in [2.05, 4.69) is 15.3 Å². The van der Waals surface area contributed by atoms with Crippen LogP contribution in [-0.4, -0.2) is 30.8 Å². The molecule has 2 N–H and O–H groups in total. The number of carbonyl (C=O) groups excluding carboxylic acids is 2. The van der Waals surface area contributed by atoms with E-state index >= 15 is 0 Å². The number of aromatic amines is 1. The monoisotopic (exact) mass is 607 g/mol. The Morgan fingerprint density at radius 1 is 1.06 bits per heavy atom. The number of nitrogens with one attached hydrogen (secondary N) is 2. The highest BCUT2D eigenvalue weighted by Crippen LogP contribution is 2.29. The molecular formula is C23H15Cl6N3O4. The van der Waals surface area contributed by atoms with Crippen molar-refractivity contribution in [3.63, 3.8) is 0 Å². The van der Waals surface area contributed by atoms with Crippen molar-refractivity contribution < 1.29 is 14.3 Å². The van der Waals surface area contributed by atoms with Gasteiger partial charge in [0.05, 0.1) is 12.2 Å². The maximum absolute atomic E-state index is 13.3. The zero-order valence-corrected chi connectivity index (χ0v) is 22.5. The number of carbonyl (C=O) groups is 2. The van der Waals surface area contributed by atoms with Crippen molar-refractivity contribution >= 4 is 98.6 Å². The second kappa shape index (κ2) is 10.4. The van der Waals surface area contributed by atoms with Crippen molar-refractivity contribution in [1.82, 2.24) is 10.3 Å². The molecule has 0 aliphatic heterocycles. The number of halogens is 6. The Balaban J connectivity index is 1.60. The van der Waals surface area contributed by atoms with E-state index in [4.69, 9.17) is 74.3 Å². The summed E-state index contributed by atoms with van der Waals surface area (Å²) in [7, 11) is 0. The van der Waals surface area contributed by atoms with Crippen LogP contribution in [-0.2, 0) is 29.0 Å². The minimum Gasteiger partial charge on any atom is -0.435 e. The van der Waals surface area contributed by atoms with E-state index in [-0.39, 0.29) is 36.4 Å². The van der Waals surface area contributed by atoms with Crippen LogP contribution in [0, 0.1) is 0 Å². The third-order valence-electron chi connectivity index (χ3n) is 5.42. The van der Waals surface area contributed by atoms with Gasteiger partial charge in [-0.15, -0.1) is 0 Å². The molecule has 36 heavy (non-hydrogen) atoms. The first-order chi connectivity index (χ1) is 16.8. The van der Waals surface area contributed by atoms with E-state index in [1.54, 1.807) is 36.4 Å². The molecule has 1 amide bonds. The molecule has 188 valence electrons. The average Bonchev–Trinajstić information content (AvgIpc) is 2.80. The van der Waals surface area contributed by atoms with Crippen LogP contribution < -0.4 is 10.7 Å². The number of nitrogens with zero attached hydrogens (tertiary/aromatic N) is 1. The number of rotatable bonds is 5. The van der Waals surface area contributed by atoms with Crippen LogP contribution in [0.4, 0.5) is 0 Å². The van der Waals surface area contributed by atoms with Crippen LogP contribution in [0.1, 0.15) is 38.3 Å². The normalized spacial score (nSPS) is 13.6. The molecule has 1 aliphatic carbocycles. The number of hydrogen-bond acceptors (Lipinski definition) is 5. The fraction of sp³-hybridized carbons (Fsp3) is 0.217. The highest BCUT2D eigenvalue weighted by molar-refractivity contribution is 6.76. The van der Waals surface area contributed by atoms with E-state index in [1.165, 1.54) is 0 Å². The number of aromatic nitrogens is 1. The van der Waals surface area contributed by atoms with Crippen LogP contribution in [0.25, 0.3) is 10.9 Å². The molecule has 0 bridgehead atoms. The Morgan fingerprint density at radius 3 is 2.47 bits per heavy atom. The predicted octanol–water partition coefficient (Wildman–Crippen LogP) is 5.52. The maximum atomic E-state index is 13.3. The van der Waals surface area contributed by atoms with Gasteiger partial charge in [0.15, 0.2) is 11.8 Å². The van der Waals surface area contributed by atoms with Gasteiger partial charge in [-0.2, -0.15) is 0 Å². The van der Waals surface area contributed by atoms with Gasteiger partial charge in [0, 0.05) is 35.0 Å². The predicted molar refractivity (Wildman–Crippen MR) is 143 cm³/mol. The van der Waals surface area contributed by atoms with Crippen molar-refractivity contribution in [2.45, 2.75) is 27.3 Å². The molecule has 4 rings (SSSR count). The second-order valence-corrected chi connectivity index (χ2v) is 12.3. The van der Waals surface area contributed by atoms with E-state index in [1.807, 2.05) is 0 Å². The number of ketones is 1. The van der Waals surface area contributed by atoms with Crippen LogP contribution in [0.15, 0.2) is 46.2 Å². The van der Waals surface area contributed by atoms with E-state index in [0.717, 1.165) is 12.0 Å². The molecule has 3 aromatic rings. The number of aliphatic imine (C=N–C) groups is 1. The van der Waals surface area contributed by atoms with Gasteiger partial charge in [-0.25, -0.2) is 0 Å². The molecule has 0 fully saturated rings. The summed E-state index contributed by atoms with van der Waals surface area (Å²) >= 11 is 33.2. The number of benzene rings is 2. The summed E-state index contributed by atoms with van der Waals surface area (Å²) in [6, 6.07) is 10.3. The minimum atomic E-state index is -2.09. The summed E-state index contributed by atoms with van der Waals surface area (Å²) in [4.78, 5) is 45.5. The second-order valence-electron chi connectivity index (χ2n) is 7.88. The van der Waals surface area contributed by atoms with E-state index in [0.29, 0.717) is 33.2 Å². The van der Waals surface area contributed by atoms with Gasteiger partial charge in [0.2, 0.25) is 5.78 Å². The zero-order valence-electron chi connectivity index (χ0n) is 18.0. The Labute approximate surface area is 234 Å². The summed E-state index contributed by atoms with van der Waals surface area (Å²) < 4.78 is 0.792. The lowest BCUT2D eigenvalue weighted by Crippen LogP contribution is -2.34. The van der Waals surface area contributed by atoms with Gasteiger partial charge < -0.3 is 15.0 Å². The van der Waals surface area contributed by atoms with Crippen molar-refractivity contribution in [2.24, 2.45) is 4.99 Å². The van der Waals surface area contributed by atoms with Gasteiger partial charge in [0.1, 0.15) is 0 Å². The van der Waals surface area contributed by atoms with Gasteiger partial charge in [-0.3, -0.25) is 19.4 Å². The fourth-order valence-corrected chi connectivity index (χ4v) is 4.10. The molecule has 1 aliphatic rings. The first-order valence-electron chi connectivity index (χ1n) is 10.3. The highest BCUT2D eigenvalue weighted by Gasteiger charge is 2.31. The summed E-state index contributed by atoms with van der Waals surface area (Å²) in [5.41, 5.74) is 3.34. The molecule has 2 aromatic carbocycles. The Kier molecular flexibility index (Phi) is 7.81. The number of ether oxygens (including phenoxy) is 1. The van der Waals surface area contributed by atoms with Gasteiger partial charge in [-0.05, 0) is 69.7 Å². The number of hydrogen-bond donors (Lipinski definition) is 2. The molecule has 0 spiro atoms. The molecule has 1 aromatic heterocycles. The molecule has 0 saturated heterocycles. The molecule has 0 saturated carbocycles. The number of H-pyrrole nitrogens is 1. The highest BCUT2D eigenvalue weighted by atomic mass is 35.6. The fourth-order valence-electron chi connectivity index (χ4n) is 3.78. The van der Waals surface area contributed by atoms with Gasteiger partial charge in [0.25, 0.3) is 9.70 Å². The topological polar surface area (TPSA) is 101 Å². The van der Waals surface area contributed by atoms with Crippen molar-refractivity contribution in [3.8, 4) is 0 Å². The summed E-state index contributed by atoms with van der Waals surface area (Å²) in [5.74, 6) is -1.10. The number of fused-ring (bicyclic) bond motifs is 3. The van der Waals surface area contributed by atoms with Crippen LogP contribution in [0.5, 0.6) is 0 Å². The Bertz CT molecular complexity index is 1460. The van der Waals surface area contributed by atoms with E-state index < -0.39 is 13.7 Å². The summed E-state index contributed by atoms with van der Waals surface area (Å²) in [6.45, 7) is 0.249. The van der Waals surface area contributed by atoms with Gasteiger partial charge in [-0.1, -0.05) is 53.0 Å². The maximum Gasteiger partial charge on any atom is 0.339 e. The number of amides is 1. The third kappa shape index (κ3) is 6.10. The first kappa shape index (κ1) is 27.0. The lowest BCUT2D eigenvalue weighted by molar-refractivity contribution is -0.120. The molecule has 13 heteroatoms. The lowest BCUT2D eigenvalue weighted by atomic mass is 9.86. The molecular weight excluding hydrogens is 595 g/mol. The SMILES string of the molecule is O=C1c2cc(CNC(=O)C(Cl)(Cl)Cl)ccc2Cc2c1[nH]c1ccc(CN=COC(Cl)(Cl)Cl)cc1c2=O. The minimum absolute atomic E-state index is 0.0619. The van der Waals surface area contributed by atoms with Crippen LogP contribution in [0.3, 0.4) is 0 Å².